The van der Waals surface area contributed by atoms with Gasteiger partial charge in [-0.15, -0.1) is 5.69 Å². The van der Waals surface area contributed by atoms with Gasteiger partial charge in [-0.25, -0.2) is 0 Å². The van der Waals surface area contributed by atoms with E-state index in [1.54, 1.807) is 0 Å². The second kappa shape index (κ2) is 5.69. The average molecular weight is 303 g/mol. The van der Waals surface area contributed by atoms with E-state index in [1.807, 2.05) is 6.07 Å². The molecule has 0 saturated heterocycles. The molecule has 2 nitrogen and oxygen atoms in total. The highest BCUT2D eigenvalue weighted by Gasteiger charge is 2.19. The Morgan fingerprint density at radius 3 is 1.96 bits per heavy atom. The Bertz CT molecular complexity index is 859. The van der Waals surface area contributed by atoms with Gasteiger partial charge in [0.15, 0.2) is 0 Å². The van der Waals surface area contributed by atoms with Crippen molar-refractivity contribution in [3.05, 3.63) is 75.3 Å². The van der Waals surface area contributed by atoms with Gasteiger partial charge in [-0.2, -0.15) is 5.69 Å². The zero-order valence-electron chi connectivity index (χ0n) is 14.8. The van der Waals surface area contributed by atoms with E-state index in [0.29, 0.717) is 0 Å². The van der Waals surface area contributed by atoms with Gasteiger partial charge in [0.25, 0.3) is 0 Å². The lowest BCUT2D eigenvalue weighted by molar-refractivity contribution is 1.17. The fourth-order valence-electron chi connectivity index (χ4n) is 3.05. The number of benzene rings is 1. The Morgan fingerprint density at radius 1 is 0.826 bits per heavy atom. The van der Waals surface area contributed by atoms with Crippen LogP contribution in [0.3, 0.4) is 0 Å². The first kappa shape index (κ1) is 15.5. The molecule has 1 aromatic heterocycles. The van der Waals surface area contributed by atoms with Crippen molar-refractivity contribution >= 4 is 11.3 Å². The van der Waals surface area contributed by atoms with E-state index in [0.717, 1.165) is 28.4 Å². The van der Waals surface area contributed by atoms with Crippen molar-refractivity contribution in [2.24, 2.45) is 4.99 Å². The largest absolute Gasteiger partial charge is 0.660 e. The molecular formula is C21H23N2-. The number of hydrogen-bond donors (Lipinski definition) is 0. The first-order valence-corrected chi connectivity index (χ1v) is 8.06. The first-order valence-electron chi connectivity index (χ1n) is 8.06. The van der Waals surface area contributed by atoms with Crippen molar-refractivity contribution in [2.75, 3.05) is 0 Å². The van der Waals surface area contributed by atoms with Gasteiger partial charge >= 0.3 is 0 Å². The van der Waals surface area contributed by atoms with Crippen molar-refractivity contribution < 1.29 is 0 Å². The first-order chi connectivity index (χ1) is 10.9. The van der Waals surface area contributed by atoms with Crippen LogP contribution in [0.1, 0.15) is 48.8 Å². The molecule has 2 aromatic rings. The summed E-state index contributed by atoms with van der Waals surface area (Å²) in [7, 11) is 0. The summed E-state index contributed by atoms with van der Waals surface area (Å²) in [6, 6.07) is 10.5. The Kier molecular flexibility index (Phi) is 3.85. The van der Waals surface area contributed by atoms with E-state index in [-0.39, 0.29) is 0 Å². The third kappa shape index (κ3) is 2.48. The lowest BCUT2D eigenvalue weighted by Crippen LogP contribution is -1.97. The van der Waals surface area contributed by atoms with E-state index >= 15 is 0 Å². The molecule has 1 aliphatic heterocycles. The molecule has 3 rings (SSSR count). The second-order valence-corrected chi connectivity index (χ2v) is 6.33. The van der Waals surface area contributed by atoms with Crippen LogP contribution in [0.15, 0.2) is 52.2 Å². The van der Waals surface area contributed by atoms with Crippen LogP contribution in [0.5, 0.6) is 0 Å². The number of nitrogens with zero attached hydrogens (tertiary/aromatic N) is 2. The van der Waals surface area contributed by atoms with Gasteiger partial charge in [0.1, 0.15) is 0 Å². The van der Waals surface area contributed by atoms with Gasteiger partial charge < -0.3 is 4.98 Å². The number of aryl methyl sites for hydroxylation is 1. The highest BCUT2D eigenvalue weighted by Crippen LogP contribution is 2.37. The third-order valence-corrected chi connectivity index (χ3v) is 5.02. The van der Waals surface area contributed by atoms with E-state index in [2.05, 4.69) is 65.8 Å². The highest BCUT2D eigenvalue weighted by atomic mass is 14.8. The zero-order valence-corrected chi connectivity index (χ0v) is 14.8. The van der Waals surface area contributed by atoms with Gasteiger partial charge in [0.2, 0.25) is 0 Å². The van der Waals surface area contributed by atoms with Crippen LogP contribution in [0.25, 0.3) is 5.57 Å². The molecule has 2 heteroatoms. The maximum Gasteiger partial charge on any atom is 0.0731 e. The van der Waals surface area contributed by atoms with Gasteiger partial charge in [-0.05, 0) is 56.9 Å². The monoisotopic (exact) mass is 303 g/mol. The van der Waals surface area contributed by atoms with Crippen molar-refractivity contribution in [3.63, 3.8) is 0 Å². The number of aromatic nitrogens is 1. The number of rotatable bonds is 2. The van der Waals surface area contributed by atoms with Crippen LogP contribution >= 0.6 is 0 Å². The summed E-state index contributed by atoms with van der Waals surface area (Å²) in [6.07, 6.45) is 0. The van der Waals surface area contributed by atoms with E-state index < -0.39 is 0 Å². The molecule has 0 saturated carbocycles. The van der Waals surface area contributed by atoms with Gasteiger partial charge in [0.05, 0.1) is 5.70 Å². The lowest BCUT2D eigenvalue weighted by atomic mass is 9.94. The van der Waals surface area contributed by atoms with Crippen LogP contribution in [-0.4, -0.2) is 5.71 Å². The quantitative estimate of drug-likeness (QED) is 0.754. The summed E-state index contributed by atoms with van der Waals surface area (Å²) in [4.78, 5) is 9.73. The molecule has 0 aliphatic carbocycles. The van der Waals surface area contributed by atoms with Crippen LogP contribution in [0, 0.1) is 20.8 Å². The Labute approximate surface area is 138 Å². The predicted molar refractivity (Wildman–Crippen MR) is 97.9 cm³/mol. The zero-order chi connectivity index (χ0) is 16.7. The normalized spacial score (nSPS) is 16.9. The average Bonchev–Trinajstić information content (AvgIpc) is 2.95. The number of aliphatic imine (C=N–C) groups is 1. The summed E-state index contributed by atoms with van der Waals surface area (Å²) in [5, 5.41) is 0. The van der Waals surface area contributed by atoms with Crippen molar-refractivity contribution in [2.45, 2.75) is 41.5 Å². The smallest absolute Gasteiger partial charge is 0.0731 e. The number of hydrogen-bond acceptors (Lipinski definition) is 1. The maximum atomic E-state index is 4.87. The molecule has 23 heavy (non-hydrogen) atoms. The molecule has 0 atom stereocenters. The molecule has 0 bridgehead atoms. The fourth-order valence-corrected chi connectivity index (χ4v) is 3.05. The molecule has 2 heterocycles. The predicted octanol–water partition coefficient (Wildman–Crippen LogP) is 5.14. The van der Waals surface area contributed by atoms with Crippen molar-refractivity contribution in [1.82, 2.24) is 4.98 Å². The molecular weight excluding hydrogens is 280 g/mol. The summed E-state index contributed by atoms with van der Waals surface area (Å²) < 4.78 is 0. The summed E-state index contributed by atoms with van der Waals surface area (Å²) in [5.74, 6) is 0. The van der Waals surface area contributed by atoms with E-state index in [9.17, 15) is 0 Å². The van der Waals surface area contributed by atoms with Crippen LogP contribution in [0.4, 0.5) is 0 Å². The molecule has 0 N–H and O–H groups in total. The second-order valence-electron chi connectivity index (χ2n) is 6.33. The third-order valence-electron chi connectivity index (χ3n) is 5.02. The van der Waals surface area contributed by atoms with Gasteiger partial charge in [-0.1, -0.05) is 48.4 Å². The summed E-state index contributed by atoms with van der Waals surface area (Å²) in [5.41, 5.74) is 11.7. The lowest BCUT2D eigenvalue weighted by Gasteiger charge is -2.18. The minimum Gasteiger partial charge on any atom is -0.660 e. The van der Waals surface area contributed by atoms with Crippen molar-refractivity contribution in [1.29, 1.82) is 0 Å². The maximum absolute atomic E-state index is 4.87. The van der Waals surface area contributed by atoms with Crippen molar-refractivity contribution in [3.8, 4) is 0 Å². The summed E-state index contributed by atoms with van der Waals surface area (Å²) in [6.45, 7) is 12.8. The highest BCUT2D eigenvalue weighted by molar-refractivity contribution is 6.05. The minimum absolute atomic E-state index is 1.06. The topological polar surface area (TPSA) is 26.5 Å². The molecule has 0 fully saturated rings. The molecule has 0 radical (unpaired) electrons. The Morgan fingerprint density at radius 2 is 1.48 bits per heavy atom. The van der Waals surface area contributed by atoms with E-state index in [1.165, 1.54) is 27.8 Å². The van der Waals surface area contributed by atoms with Crippen LogP contribution in [-0.2, 0) is 0 Å². The van der Waals surface area contributed by atoms with Gasteiger partial charge in [0, 0.05) is 5.71 Å². The van der Waals surface area contributed by atoms with Crippen LogP contribution in [0.2, 0.25) is 0 Å². The number of allylic oxidation sites excluding steroid dienone is 2. The summed E-state index contributed by atoms with van der Waals surface area (Å²) >= 11 is 0. The Hall–Kier alpha value is -2.35. The minimum atomic E-state index is 1.06. The molecule has 0 spiro atoms. The van der Waals surface area contributed by atoms with Crippen LogP contribution < -0.4 is 4.98 Å². The molecule has 118 valence electrons. The molecule has 1 aromatic carbocycles. The fraction of sp³-hybridized carbons (Fsp3) is 0.286. The van der Waals surface area contributed by atoms with Gasteiger partial charge in [-0.3, -0.25) is 4.99 Å². The Balaban J connectivity index is 2.36. The van der Waals surface area contributed by atoms with E-state index in [4.69, 9.17) is 9.98 Å². The molecule has 0 amide bonds. The molecule has 0 unspecified atom stereocenters. The molecule has 1 aliphatic rings. The standard InChI is InChI=1S/C21H23N2/c1-12-14(3)20(22-16(12)5)19(18-10-8-7-9-11-18)21-15(4)13(2)17(6)23-21/h7-11H,1-6H3/q-1/b20-19-. The SMILES string of the molecule is CC1=N/C(=C(/c2ccccc2)c2[n-]c(C)c(C)c2C)C(C)=C1C.